The third-order valence-corrected chi connectivity index (χ3v) is 4.81. The van der Waals surface area contributed by atoms with Gasteiger partial charge in [-0.3, -0.25) is 0 Å². The molecule has 2 aromatic rings. The highest BCUT2D eigenvalue weighted by atomic mass is 32.2. The molecule has 110 valence electrons. The van der Waals surface area contributed by atoms with Crippen molar-refractivity contribution in [1.82, 2.24) is 0 Å². The molecule has 6 heteroatoms. The normalized spacial score (nSPS) is 16.9. The number of hydrogen-bond acceptors (Lipinski definition) is 4. The zero-order valence-corrected chi connectivity index (χ0v) is 12.2. The van der Waals surface area contributed by atoms with Gasteiger partial charge in [0.1, 0.15) is 4.90 Å². The lowest BCUT2D eigenvalue weighted by molar-refractivity contribution is 0.598. The first-order valence-electron chi connectivity index (χ1n) is 6.69. The summed E-state index contributed by atoms with van der Waals surface area (Å²) in [6.45, 7) is 0.797. The smallest absolute Gasteiger partial charge is 0.240 e. The van der Waals surface area contributed by atoms with Gasteiger partial charge in [-0.25, -0.2) is 13.6 Å². The van der Waals surface area contributed by atoms with E-state index < -0.39 is 10.0 Å². The first kappa shape index (κ1) is 13.9. The number of anilines is 2. The van der Waals surface area contributed by atoms with Crippen LogP contribution in [0, 0.1) is 0 Å². The highest BCUT2D eigenvalue weighted by Crippen LogP contribution is 2.35. The Morgan fingerprint density at radius 3 is 2.62 bits per heavy atom. The number of nitrogens with one attached hydrogen (secondary N) is 1. The van der Waals surface area contributed by atoms with Gasteiger partial charge in [0.15, 0.2) is 0 Å². The number of primary sulfonamides is 1. The second kappa shape index (κ2) is 5.05. The van der Waals surface area contributed by atoms with Crippen LogP contribution in [0.1, 0.15) is 17.0 Å². The van der Waals surface area contributed by atoms with E-state index in [2.05, 4.69) is 23.5 Å². The highest BCUT2D eigenvalue weighted by molar-refractivity contribution is 7.89. The fraction of sp³-hybridized carbons (Fsp3) is 0.200. The quantitative estimate of drug-likeness (QED) is 0.748. The molecule has 0 aromatic heterocycles. The maximum Gasteiger partial charge on any atom is 0.240 e. The van der Waals surface area contributed by atoms with E-state index in [1.54, 1.807) is 12.1 Å². The van der Waals surface area contributed by atoms with Crippen LogP contribution in [0.25, 0.3) is 0 Å². The minimum absolute atomic E-state index is 0.0398. The van der Waals surface area contributed by atoms with Crippen LogP contribution in [-0.2, 0) is 16.4 Å². The van der Waals surface area contributed by atoms with Crippen LogP contribution < -0.4 is 16.2 Å². The molecule has 0 heterocycles. The van der Waals surface area contributed by atoms with Crippen molar-refractivity contribution in [3.8, 4) is 0 Å². The standard InChI is InChI=1S/C15H17N3O2S/c16-14-8-12(5-6-15(14)21(17,19)20)18-9-11-7-10-3-1-2-4-13(10)11/h1-6,8,11,18H,7,9,16H2,(H2,17,19,20). The number of sulfonamides is 1. The molecule has 1 atom stereocenters. The van der Waals surface area contributed by atoms with Crippen LogP contribution in [0.4, 0.5) is 11.4 Å². The number of rotatable bonds is 4. The second-order valence-corrected chi connectivity index (χ2v) is 6.81. The van der Waals surface area contributed by atoms with Crippen molar-refractivity contribution in [2.75, 3.05) is 17.6 Å². The van der Waals surface area contributed by atoms with Gasteiger partial charge in [-0.15, -0.1) is 0 Å². The Hall–Kier alpha value is -2.05. The average Bonchev–Trinajstić information content (AvgIpc) is 2.38. The van der Waals surface area contributed by atoms with E-state index in [1.807, 2.05) is 6.07 Å². The van der Waals surface area contributed by atoms with E-state index in [4.69, 9.17) is 10.9 Å². The van der Waals surface area contributed by atoms with Crippen molar-refractivity contribution in [1.29, 1.82) is 0 Å². The monoisotopic (exact) mass is 303 g/mol. The van der Waals surface area contributed by atoms with Crippen LogP contribution in [-0.4, -0.2) is 15.0 Å². The SMILES string of the molecule is Nc1cc(NCC2Cc3ccccc32)ccc1S(N)(=O)=O. The fourth-order valence-electron chi connectivity index (χ4n) is 2.70. The number of fused-ring (bicyclic) bond motifs is 1. The summed E-state index contributed by atoms with van der Waals surface area (Å²) in [5, 5.41) is 8.38. The van der Waals surface area contributed by atoms with Gasteiger partial charge in [-0.2, -0.15) is 0 Å². The molecule has 21 heavy (non-hydrogen) atoms. The fourth-order valence-corrected chi connectivity index (χ4v) is 3.35. The van der Waals surface area contributed by atoms with Crippen LogP contribution in [0.15, 0.2) is 47.4 Å². The molecule has 5 N–H and O–H groups in total. The molecule has 3 rings (SSSR count). The van der Waals surface area contributed by atoms with E-state index >= 15 is 0 Å². The first-order valence-corrected chi connectivity index (χ1v) is 8.24. The lowest BCUT2D eigenvalue weighted by Gasteiger charge is -2.30. The summed E-state index contributed by atoms with van der Waals surface area (Å²) in [5.74, 6) is 0.486. The third-order valence-electron chi connectivity index (χ3n) is 3.83. The van der Waals surface area contributed by atoms with Gasteiger partial charge < -0.3 is 11.1 Å². The molecule has 2 aromatic carbocycles. The van der Waals surface area contributed by atoms with E-state index in [-0.39, 0.29) is 10.6 Å². The van der Waals surface area contributed by atoms with Crippen LogP contribution in [0.5, 0.6) is 0 Å². The Balaban J connectivity index is 1.69. The zero-order valence-electron chi connectivity index (χ0n) is 11.4. The summed E-state index contributed by atoms with van der Waals surface area (Å²) >= 11 is 0. The van der Waals surface area contributed by atoms with Gasteiger partial charge >= 0.3 is 0 Å². The number of nitrogens with two attached hydrogens (primary N) is 2. The van der Waals surface area contributed by atoms with Crippen molar-refractivity contribution >= 4 is 21.4 Å². The molecule has 0 spiro atoms. The summed E-state index contributed by atoms with van der Waals surface area (Å²) in [6.07, 6.45) is 1.06. The van der Waals surface area contributed by atoms with Crippen LogP contribution in [0.2, 0.25) is 0 Å². The molecule has 0 bridgehead atoms. The molecule has 1 aliphatic carbocycles. The molecule has 0 amide bonds. The Labute approximate surface area is 124 Å². The Kier molecular flexibility index (Phi) is 3.35. The summed E-state index contributed by atoms with van der Waals surface area (Å²) in [5.41, 5.74) is 9.47. The summed E-state index contributed by atoms with van der Waals surface area (Å²) < 4.78 is 22.6. The zero-order chi connectivity index (χ0) is 15.0. The number of hydrogen-bond donors (Lipinski definition) is 3. The van der Waals surface area contributed by atoms with Crippen LogP contribution in [0.3, 0.4) is 0 Å². The van der Waals surface area contributed by atoms with E-state index in [0.717, 1.165) is 18.7 Å². The van der Waals surface area contributed by atoms with E-state index in [1.165, 1.54) is 17.2 Å². The first-order chi connectivity index (χ1) is 9.95. The predicted molar refractivity (Wildman–Crippen MR) is 83.6 cm³/mol. The largest absolute Gasteiger partial charge is 0.398 e. The highest BCUT2D eigenvalue weighted by Gasteiger charge is 2.24. The Morgan fingerprint density at radius 1 is 1.19 bits per heavy atom. The van der Waals surface area contributed by atoms with Crippen molar-refractivity contribution < 1.29 is 8.42 Å². The second-order valence-electron chi connectivity index (χ2n) is 5.28. The van der Waals surface area contributed by atoms with Gasteiger partial charge in [0.05, 0.1) is 5.69 Å². The van der Waals surface area contributed by atoms with Crippen molar-refractivity contribution in [2.24, 2.45) is 5.14 Å². The minimum Gasteiger partial charge on any atom is -0.398 e. The maximum absolute atomic E-state index is 11.3. The molecule has 0 radical (unpaired) electrons. The van der Waals surface area contributed by atoms with Crippen molar-refractivity contribution in [3.63, 3.8) is 0 Å². The van der Waals surface area contributed by atoms with Gasteiger partial charge in [-0.05, 0) is 35.7 Å². The van der Waals surface area contributed by atoms with E-state index in [9.17, 15) is 8.42 Å². The predicted octanol–water partition coefficient (Wildman–Crippen LogP) is 1.67. The molecular formula is C15H17N3O2S. The lowest BCUT2D eigenvalue weighted by Crippen LogP contribution is -2.24. The molecule has 0 saturated carbocycles. The molecular weight excluding hydrogens is 286 g/mol. The van der Waals surface area contributed by atoms with Crippen molar-refractivity contribution in [3.05, 3.63) is 53.6 Å². The molecule has 1 unspecified atom stereocenters. The average molecular weight is 303 g/mol. The molecule has 1 aliphatic rings. The van der Waals surface area contributed by atoms with Crippen LogP contribution >= 0.6 is 0 Å². The van der Waals surface area contributed by atoms with Gasteiger partial charge in [0.2, 0.25) is 10.0 Å². The lowest BCUT2D eigenvalue weighted by atomic mass is 9.77. The maximum atomic E-state index is 11.3. The molecule has 0 saturated heterocycles. The minimum atomic E-state index is -3.77. The number of nitrogen functional groups attached to an aromatic ring is 1. The molecule has 5 nitrogen and oxygen atoms in total. The summed E-state index contributed by atoms with van der Waals surface area (Å²) in [7, 11) is -3.77. The topological polar surface area (TPSA) is 98.2 Å². The Morgan fingerprint density at radius 2 is 1.95 bits per heavy atom. The van der Waals surface area contributed by atoms with E-state index in [0.29, 0.717) is 5.92 Å². The summed E-state index contributed by atoms with van der Waals surface area (Å²) in [6, 6.07) is 13.1. The van der Waals surface area contributed by atoms with Gasteiger partial charge in [0.25, 0.3) is 0 Å². The molecule has 0 fully saturated rings. The van der Waals surface area contributed by atoms with Gasteiger partial charge in [-0.1, -0.05) is 24.3 Å². The summed E-state index contributed by atoms with van der Waals surface area (Å²) in [4.78, 5) is -0.0398. The number of benzene rings is 2. The van der Waals surface area contributed by atoms with Gasteiger partial charge in [0, 0.05) is 18.2 Å². The third kappa shape index (κ3) is 2.72. The van der Waals surface area contributed by atoms with Crippen molar-refractivity contribution in [2.45, 2.75) is 17.2 Å². The Bertz CT molecular complexity index is 787. The molecule has 0 aliphatic heterocycles.